The van der Waals surface area contributed by atoms with Crippen LogP contribution in [0.1, 0.15) is 19.4 Å². The van der Waals surface area contributed by atoms with Gasteiger partial charge in [-0.05, 0) is 31.5 Å². The summed E-state index contributed by atoms with van der Waals surface area (Å²) in [6.45, 7) is 4.15. The van der Waals surface area contributed by atoms with Gasteiger partial charge in [-0.25, -0.2) is 4.68 Å². The van der Waals surface area contributed by atoms with Crippen molar-refractivity contribution in [3.05, 3.63) is 74.8 Å². The van der Waals surface area contributed by atoms with Crippen LogP contribution in [0.15, 0.2) is 74.5 Å². The lowest BCUT2D eigenvalue weighted by molar-refractivity contribution is 0.754. The fourth-order valence-electron chi connectivity index (χ4n) is 2.20. The van der Waals surface area contributed by atoms with Crippen LogP contribution in [-0.4, -0.2) is 16.9 Å². The highest BCUT2D eigenvalue weighted by Gasteiger charge is 2.07. The van der Waals surface area contributed by atoms with E-state index in [1.807, 2.05) is 53.4 Å². The lowest BCUT2D eigenvalue weighted by atomic mass is 10.2. The van der Waals surface area contributed by atoms with Gasteiger partial charge < -0.3 is 0 Å². The standard InChI is InChI=1S/C19H18BrN3S/c1-14(2)22-19-23(21-12-15-8-10-17(20)11-9-15)18(13-24-19)16-6-4-3-5-7-16/h3-14H,1-2H3. The number of hydrogen-bond acceptors (Lipinski definition) is 3. The van der Waals surface area contributed by atoms with Crippen molar-refractivity contribution in [1.29, 1.82) is 0 Å². The number of thiazole rings is 1. The van der Waals surface area contributed by atoms with Crippen LogP contribution in [0.25, 0.3) is 11.3 Å². The van der Waals surface area contributed by atoms with Crippen molar-refractivity contribution in [2.24, 2.45) is 10.1 Å². The maximum Gasteiger partial charge on any atom is 0.206 e. The fourth-order valence-corrected chi connectivity index (χ4v) is 3.44. The molecule has 0 bridgehead atoms. The molecule has 1 heterocycles. The van der Waals surface area contributed by atoms with Crippen LogP contribution in [-0.2, 0) is 0 Å². The first-order valence-corrected chi connectivity index (χ1v) is 9.40. The van der Waals surface area contributed by atoms with E-state index >= 15 is 0 Å². The summed E-state index contributed by atoms with van der Waals surface area (Å²) in [7, 11) is 0. The van der Waals surface area contributed by atoms with Crippen LogP contribution in [0.3, 0.4) is 0 Å². The summed E-state index contributed by atoms with van der Waals surface area (Å²) in [6, 6.07) is 18.6. The van der Waals surface area contributed by atoms with Crippen molar-refractivity contribution >= 4 is 33.5 Å². The molecule has 0 spiro atoms. The molecule has 3 aromatic rings. The van der Waals surface area contributed by atoms with E-state index in [0.717, 1.165) is 26.1 Å². The van der Waals surface area contributed by atoms with Gasteiger partial charge in [-0.2, -0.15) is 5.10 Å². The third-order valence-corrected chi connectivity index (χ3v) is 4.67. The average Bonchev–Trinajstić information content (AvgIpc) is 2.97. The van der Waals surface area contributed by atoms with Gasteiger partial charge in [-0.1, -0.05) is 58.4 Å². The van der Waals surface area contributed by atoms with Crippen LogP contribution < -0.4 is 4.80 Å². The maximum absolute atomic E-state index is 4.69. The molecule has 3 rings (SSSR count). The first-order chi connectivity index (χ1) is 11.6. The number of hydrogen-bond donors (Lipinski definition) is 0. The van der Waals surface area contributed by atoms with Crippen LogP contribution in [0, 0.1) is 0 Å². The van der Waals surface area contributed by atoms with E-state index in [0.29, 0.717) is 0 Å². The van der Waals surface area contributed by atoms with Gasteiger partial charge in [0, 0.05) is 21.5 Å². The van der Waals surface area contributed by atoms with Crippen molar-refractivity contribution in [3.8, 4) is 11.3 Å². The van der Waals surface area contributed by atoms with E-state index in [1.54, 1.807) is 11.3 Å². The van der Waals surface area contributed by atoms with Crippen molar-refractivity contribution in [2.45, 2.75) is 19.9 Å². The SMILES string of the molecule is CC(C)N=c1scc(-c2ccccc2)n1N=Cc1ccc(Br)cc1. The molecule has 0 atom stereocenters. The molecule has 122 valence electrons. The van der Waals surface area contributed by atoms with E-state index in [9.17, 15) is 0 Å². The molecule has 5 heteroatoms. The van der Waals surface area contributed by atoms with Gasteiger partial charge in [-0.3, -0.25) is 4.99 Å². The fraction of sp³-hybridized carbons (Fsp3) is 0.158. The monoisotopic (exact) mass is 399 g/mol. The molecule has 3 nitrogen and oxygen atoms in total. The number of benzene rings is 2. The molecule has 0 saturated carbocycles. The van der Waals surface area contributed by atoms with Crippen molar-refractivity contribution < 1.29 is 0 Å². The Kier molecular flexibility index (Phi) is 5.43. The summed E-state index contributed by atoms with van der Waals surface area (Å²) in [5.74, 6) is 0. The van der Waals surface area contributed by atoms with Crippen LogP contribution in [0.5, 0.6) is 0 Å². The summed E-state index contributed by atoms with van der Waals surface area (Å²) in [5.41, 5.74) is 3.23. The number of rotatable bonds is 4. The molecule has 0 amide bonds. The van der Waals surface area contributed by atoms with Crippen LogP contribution >= 0.6 is 27.3 Å². The highest BCUT2D eigenvalue weighted by Crippen LogP contribution is 2.19. The third kappa shape index (κ3) is 4.10. The van der Waals surface area contributed by atoms with Crippen LogP contribution in [0.4, 0.5) is 0 Å². The zero-order valence-electron chi connectivity index (χ0n) is 13.6. The predicted molar refractivity (Wildman–Crippen MR) is 106 cm³/mol. The minimum Gasteiger partial charge on any atom is -0.255 e. The molecule has 0 fully saturated rings. The summed E-state index contributed by atoms with van der Waals surface area (Å²) in [6.07, 6.45) is 1.87. The molecule has 1 aromatic heterocycles. The van der Waals surface area contributed by atoms with E-state index in [2.05, 4.69) is 52.4 Å². The molecular weight excluding hydrogens is 382 g/mol. The Morgan fingerprint density at radius 1 is 1.04 bits per heavy atom. The number of aromatic nitrogens is 1. The second kappa shape index (κ2) is 7.73. The first-order valence-electron chi connectivity index (χ1n) is 7.73. The largest absolute Gasteiger partial charge is 0.255 e. The smallest absolute Gasteiger partial charge is 0.206 e. The van der Waals surface area contributed by atoms with E-state index in [1.165, 1.54) is 0 Å². The lowest BCUT2D eigenvalue weighted by Gasteiger charge is -2.04. The van der Waals surface area contributed by atoms with Gasteiger partial charge in [0.05, 0.1) is 11.9 Å². The second-order valence-corrected chi connectivity index (χ2v) is 7.35. The maximum atomic E-state index is 4.69. The van der Waals surface area contributed by atoms with E-state index < -0.39 is 0 Å². The second-order valence-electron chi connectivity index (χ2n) is 5.60. The van der Waals surface area contributed by atoms with Gasteiger partial charge in [-0.15, -0.1) is 11.3 Å². The van der Waals surface area contributed by atoms with Crippen molar-refractivity contribution in [3.63, 3.8) is 0 Å². The summed E-state index contributed by atoms with van der Waals surface area (Å²) >= 11 is 5.07. The summed E-state index contributed by atoms with van der Waals surface area (Å²) < 4.78 is 2.98. The third-order valence-electron chi connectivity index (χ3n) is 3.32. The lowest BCUT2D eigenvalue weighted by Crippen LogP contribution is -2.14. The van der Waals surface area contributed by atoms with Gasteiger partial charge >= 0.3 is 0 Å². The molecule has 0 N–H and O–H groups in total. The quantitative estimate of drug-likeness (QED) is 0.541. The molecule has 2 aromatic carbocycles. The molecule has 0 aliphatic carbocycles. The minimum absolute atomic E-state index is 0.224. The highest BCUT2D eigenvalue weighted by molar-refractivity contribution is 9.10. The normalized spacial score (nSPS) is 12.4. The Balaban J connectivity index is 2.06. The Morgan fingerprint density at radius 3 is 2.42 bits per heavy atom. The summed E-state index contributed by atoms with van der Waals surface area (Å²) in [5, 5.41) is 6.80. The molecular formula is C19H18BrN3S. The van der Waals surface area contributed by atoms with Gasteiger partial charge in [0.1, 0.15) is 0 Å². The highest BCUT2D eigenvalue weighted by atomic mass is 79.9. The van der Waals surface area contributed by atoms with E-state index in [-0.39, 0.29) is 6.04 Å². The Morgan fingerprint density at radius 2 is 1.75 bits per heavy atom. The molecule has 0 aliphatic rings. The average molecular weight is 400 g/mol. The molecule has 0 unspecified atom stereocenters. The van der Waals surface area contributed by atoms with Crippen LogP contribution in [0.2, 0.25) is 0 Å². The predicted octanol–water partition coefficient (Wildman–Crippen LogP) is 5.17. The van der Waals surface area contributed by atoms with Crippen molar-refractivity contribution in [1.82, 2.24) is 4.68 Å². The molecule has 0 radical (unpaired) electrons. The zero-order valence-corrected chi connectivity index (χ0v) is 16.0. The molecule has 0 aliphatic heterocycles. The number of nitrogens with zero attached hydrogens (tertiary/aromatic N) is 3. The van der Waals surface area contributed by atoms with Gasteiger partial charge in [0.25, 0.3) is 0 Å². The zero-order chi connectivity index (χ0) is 16.9. The Labute approximate surface area is 154 Å². The first kappa shape index (κ1) is 16.9. The van der Waals surface area contributed by atoms with E-state index in [4.69, 9.17) is 4.99 Å². The number of halogens is 1. The molecule has 0 saturated heterocycles. The van der Waals surface area contributed by atoms with Crippen molar-refractivity contribution in [2.75, 3.05) is 0 Å². The minimum atomic E-state index is 0.224. The Hall–Kier alpha value is -1.98. The van der Waals surface area contributed by atoms with Gasteiger partial charge in [0.2, 0.25) is 4.80 Å². The topological polar surface area (TPSA) is 29.6 Å². The Bertz CT molecular complexity index is 890. The van der Waals surface area contributed by atoms with Gasteiger partial charge in [0.15, 0.2) is 0 Å². The molecule has 24 heavy (non-hydrogen) atoms. The summed E-state index contributed by atoms with van der Waals surface area (Å²) in [4.78, 5) is 5.59.